The van der Waals surface area contributed by atoms with Crippen LogP contribution in [0, 0.1) is 0 Å². The molecule has 2 N–H and O–H groups in total. The fourth-order valence-electron chi connectivity index (χ4n) is 2.41. The van der Waals surface area contributed by atoms with Gasteiger partial charge in [-0.2, -0.15) is 0 Å². The summed E-state index contributed by atoms with van der Waals surface area (Å²) in [6.45, 7) is 0. The van der Waals surface area contributed by atoms with Crippen molar-refractivity contribution >= 4 is 61.7 Å². The van der Waals surface area contributed by atoms with Crippen LogP contribution in [-0.2, 0) is 4.79 Å². The fourth-order valence-corrected chi connectivity index (χ4v) is 2.89. The van der Waals surface area contributed by atoms with E-state index in [1.54, 1.807) is 6.08 Å². The Balaban J connectivity index is 1.64. The molecular formula is C20H15BrN2OS. The van der Waals surface area contributed by atoms with Crippen molar-refractivity contribution in [1.82, 2.24) is 5.32 Å². The van der Waals surface area contributed by atoms with Crippen LogP contribution >= 0.6 is 28.1 Å². The Morgan fingerprint density at radius 2 is 1.68 bits per heavy atom. The molecule has 0 aromatic heterocycles. The second kappa shape index (κ2) is 8.05. The SMILES string of the molecule is O=C(/C=C/c1cccc2ccccc12)NC(=S)Nc1ccc(Br)cc1. The van der Waals surface area contributed by atoms with Crippen LogP contribution in [0.3, 0.4) is 0 Å². The molecule has 0 fully saturated rings. The van der Waals surface area contributed by atoms with Gasteiger partial charge in [0.15, 0.2) is 5.11 Å². The quantitative estimate of drug-likeness (QED) is 0.464. The largest absolute Gasteiger partial charge is 0.332 e. The van der Waals surface area contributed by atoms with Crippen LogP contribution in [0.15, 0.2) is 77.3 Å². The van der Waals surface area contributed by atoms with E-state index >= 15 is 0 Å². The lowest BCUT2D eigenvalue weighted by atomic mass is 10.0. The third-order valence-corrected chi connectivity index (χ3v) is 4.31. The van der Waals surface area contributed by atoms with Gasteiger partial charge in [0.25, 0.3) is 0 Å². The van der Waals surface area contributed by atoms with Crippen LogP contribution < -0.4 is 10.6 Å². The zero-order valence-corrected chi connectivity index (χ0v) is 15.6. The van der Waals surface area contributed by atoms with Crippen molar-refractivity contribution in [3.8, 4) is 0 Å². The molecule has 3 aromatic carbocycles. The maximum Gasteiger partial charge on any atom is 0.250 e. The maximum absolute atomic E-state index is 12.1. The molecule has 0 aliphatic carbocycles. The lowest BCUT2D eigenvalue weighted by molar-refractivity contribution is -0.115. The Bertz CT molecular complexity index is 946. The molecule has 0 spiro atoms. The number of benzene rings is 3. The van der Waals surface area contributed by atoms with E-state index in [9.17, 15) is 4.79 Å². The number of nitrogens with one attached hydrogen (secondary N) is 2. The third kappa shape index (κ3) is 4.75. The molecule has 0 aliphatic rings. The summed E-state index contributed by atoms with van der Waals surface area (Å²) in [4.78, 5) is 12.1. The molecular weight excluding hydrogens is 396 g/mol. The van der Waals surface area contributed by atoms with E-state index in [1.165, 1.54) is 6.08 Å². The summed E-state index contributed by atoms with van der Waals surface area (Å²) in [6.07, 6.45) is 3.28. The number of thiocarbonyl (C=S) groups is 1. The molecule has 0 radical (unpaired) electrons. The molecule has 0 atom stereocenters. The number of carbonyl (C=O) groups is 1. The molecule has 0 unspecified atom stereocenters. The number of hydrogen-bond donors (Lipinski definition) is 2. The number of carbonyl (C=O) groups excluding carboxylic acids is 1. The highest BCUT2D eigenvalue weighted by Crippen LogP contribution is 2.19. The Morgan fingerprint density at radius 3 is 2.48 bits per heavy atom. The molecule has 0 aliphatic heterocycles. The van der Waals surface area contributed by atoms with Crippen molar-refractivity contribution in [2.45, 2.75) is 0 Å². The van der Waals surface area contributed by atoms with E-state index < -0.39 is 0 Å². The lowest BCUT2D eigenvalue weighted by Crippen LogP contribution is -2.32. The van der Waals surface area contributed by atoms with Gasteiger partial charge in [-0.1, -0.05) is 58.4 Å². The van der Waals surface area contributed by atoms with Crippen molar-refractivity contribution in [3.63, 3.8) is 0 Å². The lowest BCUT2D eigenvalue weighted by Gasteiger charge is -2.08. The Labute approximate surface area is 159 Å². The molecule has 0 heterocycles. The first-order valence-corrected chi connectivity index (χ1v) is 8.85. The highest BCUT2D eigenvalue weighted by Gasteiger charge is 2.02. The van der Waals surface area contributed by atoms with Crippen molar-refractivity contribution < 1.29 is 4.79 Å². The van der Waals surface area contributed by atoms with Crippen molar-refractivity contribution in [2.75, 3.05) is 5.32 Å². The first-order chi connectivity index (χ1) is 12.1. The molecule has 1 amide bonds. The normalized spacial score (nSPS) is 10.8. The van der Waals surface area contributed by atoms with Gasteiger partial charge in [-0.25, -0.2) is 0 Å². The number of anilines is 1. The summed E-state index contributed by atoms with van der Waals surface area (Å²) < 4.78 is 0.978. The van der Waals surface area contributed by atoms with Crippen LogP contribution in [0.25, 0.3) is 16.8 Å². The van der Waals surface area contributed by atoms with Gasteiger partial charge in [-0.05, 0) is 58.9 Å². The van der Waals surface area contributed by atoms with Crippen LogP contribution in [0.5, 0.6) is 0 Å². The number of amides is 1. The number of halogens is 1. The van der Waals surface area contributed by atoms with Crippen LogP contribution in [0.4, 0.5) is 5.69 Å². The van der Waals surface area contributed by atoms with Gasteiger partial charge >= 0.3 is 0 Å². The number of fused-ring (bicyclic) bond motifs is 1. The van der Waals surface area contributed by atoms with Gasteiger partial charge in [-0.15, -0.1) is 0 Å². The summed E-state index contributed by atoms with van der Waals surface area (Å²) in [6, 6.07) is 21.6. The zero-order valence-electron chi connectivity index (χ0n) is 13.2. The molecule has 3 nitrogen and oxygen atoms in total. The van der Waals surface area contributed by atoms with Gasteiger partial charge in [-0.3, -0.25) is 10.1 Å². The Hall–Kier alpha value is -2.50. The van der Waals surface area contributed by atoms with Gasteiger partial charge in [0.2, 0.25) is 5.91 Å². The zero-order chi connectivity index (χ0) is 17.6. The number of rotatable bonds is 3. The molecule has 25 heavy (non-hydrogen) atoms. The van der Waals surface area contributed by atoms with E-state index in [4.69, 9.17) is 12.2 Å². The second-order valence-corrected chi connectivity index (χ2v) is 6.68. The van der Waals surface area contributed by atoms with Gasteiger partial charge in [0.1, 0.15) is 0 Å². The van der Waals surface area contributed by atoms with E-state index in [0.29, 0.717) is 0 Å². The molecule has 3 aromatic rings. The van der Waals surface area contributed by atoms with E-state index in [-0.39, 0.29) is 11.0 Å². The fraction of sp³-hybridized carbons (Fsp3) is 0. The standard InChI is InChI=1S/C20H15BrN2OS/c21-16-9-11-17(12-10-16)22-20(25)23-19(24)13-8-15-6-3-5-14-4-1-2-7-18(14)15/h1-13H,(H2,22,23,24,25)/b13-8+. The van der Waals surface area contributed by atoms with Crippen molar-refractivity contribution in [1.29, 1.82) is 0 Å². The second-order valence-electron chi connectivity index (χ2n) is 5.35. The summed E-state index contributed by atoms with van der Waals surface area (Å²) in [5, 5.41) is 8.11. The molecule has 0 saturated heterocycles. The topological polar surface area (TPSA) is 41.1 Å². The predicted octanol–water partition coefficient (Wildman–Crippen LogP) is 5.13. The van der Waals surface area contributed by atoms with Gasteiger partial charge < -0.3 is 5.32 Å². The summed E-state index contributed by atoms with van der Waals surface area (Å²) in [7, 11) is 0. The number of hydrogen-bond acceptors (Lipinski definition) is 2. The first-order valence-electron chi connectivity index (χ1n) is 7.65. The Kier molecular flexibility index (Phi) is 5.58. The summed E-state index contributed by atoms with van der Waals surface area (Å²) >= 11 is 8.54. The van der Waals surface area contributed by atoms with Crippen molar-refractivity contribution in [2.24, 2.45) is 0 Å². The van der Waals surface area contributed by atoms with Gasteiger partial charge in [0, 0.05) is 16.2 Å². The van der Waals surface area contributed by atoms with E-state index in [1.807, 2.05) is 66.7 Å². The Morgan fingerprint density at radius 1 is 0.960 bits per heavy atom. The monoisotopic (exact) mass is 410 g/mol. The van der Waals surface area contributed by atoms with Crippen molar-refractivity contribution in [3.05, 3.63) is 82.8 Å². The third-order valence-electron chi connectivity index (χ3n) is 3.58. The maximum atomic E-state index is 12.1. The average Bonchev–Trinajstić information content (AvgIpc) is 2.62. The smallest absolute Gasteiger partial charge is 0.250 e. The average molecular weight is 411 g/mol. The minimum absolute atomic E-state index is 0.259. The summed E-state index contributed by atoms with van der Waals surface area (Å²) in [5.41, 5.74) is 1.80. The minimum Gasteiger partial charge on any atom is -0.332 e. The predicted molar refractivity (Wildman–Crippen MR) is 111 cm³/mol. The van der Waals surface area contributed by atoms with E-state index in [2.05, 4.69) is 26.6 Å². The molecule has 0 saturated carbocycles. The highest BCUT2D eigenvalue weighted by atomic mass is 79.9. The van der Waals surface area contributed by atoms with Crippen LogP contribution in [0.1, 0.15) is 5.56 Å². The molecule has 3 rings (SSSR count). The van der Waals surface area contributed by atoms with E-state index in [0.717, 1.165) is 26.5 Å². The first kappa shape index (κ1) is 17.3. The molecule has 5 heteroatoms. The molecule has 124 valence electrons. The van der Waals surface area contributed by atoms with Crippen LogP contribution in [0.2, 0.25) is 0 Å². The minimum atomic E-state index is -0.275. The summed E-state index contributed by atoms with van der Waals surface area (Å²) in [5.74, 6) is -0.275. The molecule has 0 bridgehead atoms. The highest BCUT2D eigenvalue weighted by molar-refractivity contribution is 9.10. The van der Waals surface area contributed by atoms with Crippen LogP contribution in [-0.4, -0.2) is 11.0 Å². The van der Waals surface area contributed by atoms with Gasteiger partial charge in [0.05, 0.1) is 0 Å².